The third-order valence-electron chi connectivity index (χ3n) is 5.12. The second kappa shape index (κ2) is 6.71. The number of halogens is 1. The van der Waals surface area contributed by atoms with Gasteiger partial charge < -0.3 is 14.4 Å². The largest absolute Gasteiger partial charge is 0.385 e. The topological polar surface area (TPSA) is 47.3 Å². The molecule has 4 nitrogen and oxygen atoms in total. The summed E-state index contributed by atoms with van der Waals surface area (Å²) in [5.74, 6) is 0. The van der Waals surface area contributed by atoms with Gasteiger partial charge in [0.1, 0.15) is 5.60 Å². The fourth-order valence-electron chi connectivity index (χ4n) is 3.40. The molecule has 0 bridgehead atoms. The van der Waals surface area contributed by atoms with Crippen molar-refractivity contribution in [2.45, 2.75) is 43.9 Å². The van der Waals surface area contributed by atoms with Crippen molar-refractivity contribution >= 4 is 17.7 Å². The first kappa shape index (κ1) is 17.2. The first-order valence-electron chi connectivity index (χ1n) is 8.12. The zero-order chi connectivity index (χ0) is 17.2. The van der Waals surface area contributed by atoms with Crippen molar-refractivity contribution in [1.29, 1.82) is 0 Å². The minimum atomic E-state index is -0.987. The van der Waals surface area contributed by atoms with E-state index in [9.17, 15) is 5.11 Å². The van der Waals surface area contributed by atoms with E-state index >= 15 is 0 Å². The Morgan fingerprint density at radius 1 is 1.38 bits per heavy atom. The molecule has 0 spiro atoms. The number of ether oxygens (including phenoxy) is 1. The highest BCUT2D eigenvalue weighted by molar-refractivity contribution is 6.30. The molecule has 1 aromatic heterocycles. The summed E-state index contributed by atoms with van der Waals surface area (Å²) in [4.78, 5) is 4.07. The lowest BCUT2D eigenvalue weighted by Gasteiger charge is -2.48. The van der Waals surface area contributed by atoms with Gasteiger partial charge in [-0.15, -0.1) is 0 Å². The predicted molar refractivity (Wildman–Crippen MR) is 95.9 cm³/mol. The van der Waals surface area contributed by atoms with Crippen molar-refractivity contribution in [2.24, 2.45) is 0 Å². The Morgan fingerprint density at radius 3 is 2.75 bits per heavy atom. The molecule has 1 aliphatic rings. The third kappa shape index (κ3) is 3.41. The van der Waals surface area contributed by atoms with Crippen LogP contribution in [0.2, 0.25) is 5.02 Å². The SMILES string of the molecule is CO[C@@]1(C)CC/C(=C\c2ccc(Cl)cc2)C[C@@]1(O)Cn1ccnc1. The Bertz CT molecular complexity index is 711. The summed E-state index contributed by atoms with van der Waals surface area (Å²) >= 11 is 5.95. The zero-order valence-corrected chi connectivity index (χ0v) is 14.8. The molecular weight excluding hydrogens is 324 g/mol. The number of aromatic nitrogens is 2. The van der Waals surface area contributed by atoms with E-state index in [2.05, 4.69) is 11.1 Å². The minimum Gasteiger partial charge on any atom is -0.385 e. The average molecular weight is 347 g/mol. The monoisotopic (exact) mass is 346 g/mol. The van der Waals surface area contributed by atoms with E-state index in [1.165, 1.54) is 5.57 Å². The van der Waals surface area contributed by atoms with Crippen molar-refractivity contribution in [2.75, 3.05) is 7.11 Å². The van der Waals surface area contributed by atoms with Crippen molar-refractivity contribution in [3.63, 3.8) is 0 Å². The molecule has 0 saturated heterocycles. The Balaban J connectivity index is 1.87. The number of nitrogens with zero attached hydrogens (tertiary/aromatic N) is 2. The lowest BCUT2D eigenvalue weighted by atomic mass is 9.70. The van der Waals surface area contributed by atoms with Gasteiger partial charge in [-0.3, -0.25) is 0 Å². The summed E-state index contributed by atoms with van der Waals surface area (Å²) in [5.41, 5.74) is 0.739. The van der Waals surface area contributed by atoms with Crippen LogP contribution in [0, 0.1) is 0 Å². The molecule has 3 rings (SSSR count). The molecule has 1 saturated carbocycles. The second-order valence-electron chi connectivity index (χ2n) is 6.73. The highest BCUT2D eigenvalue weighted by atomic mass is 35.5. The van der Waals surface area contributed by atoms with Gasteiger partial charge in [0.25, 0.3) is 0 Å². The lowest BCUT2D eigenvalue weighted by Crippen LogP contribution is -2.58. The van der Waals surface area contributed by atoms with E-state index in [0.29, 0.717) is 13.0 Å². The maximum atomic E-state index is 11.4. The number of benzene rings is 1. The summed E-state index contributed by atoms with van der Waals surface area (Å²) < 4.78 is 7.63. The van der Waals surface area contributed by atoms with Crippen LogP contribution in [0.5, 0.6) is 0 Å². The molecule has 0 unspecified atom stereocenters. The summed E-state index contributed by atoms with van der Waals surface area (Å²) in [6.07, 6.45) is 9.70. The Hall–Kier alpha value is -1.62. The van der Waals surface area contributed by atoms with E-state index in [1.807, 2.05) is 42.0 Å². The van der Waals surface area contributed by atoms with E-state index in [0.717, 1.165) is 23.4 Å². The Morgan fingerprint density at radius 2 is 2.12 bits per heavy atom. The Labute approximate surface area is 147 Å². The smallest absolute Gasteiger partial charge is 0.115 e. The first-order valence-corrected chi connectivity index (χ1v) is 8.50. The molecule has 1 aliphatic carbocycles. The van der Waals surface area contributed by atoms with Crippen LogP contribution >= 0.6 is 11.6 Å². The van der Waals surface area contributed by atoms with Gasteiger partial charge in [0.2, 0.25) is 0 Å². The molecule has 128 valence electrons. The van der Waals surface area contributed by atoms with Crippen molar-refractivity contribution in [3.8, 4) is 0 Å². The molecule has 2 atom stereocenters. The molecule has 2 aromatic rings. The van der Waals surface area contributed by atoms with Crippen molar-refractivity contribution in [1.82, 2.24) is 9.55 Å². The number of methoxy groups -OCH3 is 1. The molecule has 1 fully saturated rings. The van der Waals surface area contributed by atoms with E-state index in [-0.39, 0.29) is 0 Å². The van der Waals surface area contributed by atoms with E-state index in [4.69, 9.17) is 16.3 Å². The maximum Gasteiger partial charge on any atom is 0.115 e. The molecule has 0 aliphatic heterocycles. The van der Waals surface area contributed by atoms with Gasteiger partial charge in [-0.1, -0.05) is 35.4 Å². The molecule has 1 aromatic carbocycles. The highest BCUT2D eigenvalue weighted by Crippen LogP contribution is 2.43. The molecular formula is C19H23ClN2O2. The third-order valence-corrected chi connectivity index (χ3v) is 5.37. The van der Waals surface area contributed by atoms with Gasteiger partial charge in [0.05, 0.1) is 18.5 Å². The molecule has 1 heterocycles. The van der Waals surface area contributed by atoms with Gasteiger partial charge in [-0.05, 0) is 37.5 Å². The molecule has 24 heavy (non-hydrogen) atoms. The van der Waals surface area contributed by atoms with E-state index in [1.54, 1.807) is 19.6 Å². The predicted octanol–water partition coefficient (Wildman–Crippen LogP) is 3.94. The Kier molecular flexibility index (Phi) is 4.81. The van der Waals surface area contributed by atoms with Gasteiger partial charge in [0, 0.05) is 30.9 Å². The van der Waals surface area contributed by atoms with Crippen LogP contribution in [-0.2, 0) is 11.3 Å². The fraction of sp³-hybridized carbons (Fsp3) is 0.421. The van der Waals surface area contributed by atoms with Crippen LogP contribution in [0.4, 0.5) is 0 Å². The lowest BCUT2D eigenvalue weighted by molar-refractivity contribution is -0.179. The van der Waals surface area contributed by atoms with Gasteiger partial charge in [-0.25, -0.2) is 4.98 Å². The summed E-state index contributed by atoms with van der Waals surface area (Å²) in [5, 5.41) is 12.1. The minimum absolute atomic E-state index is 0.454. The average Bonchev–Trinajstić information content (AvgIpc) is 3.06. The number of rotatable bonds is 4. The number of hydrogen-bond donors (Lipinski definition) is 1. The molecule has 0 amide bonds. The van der Waals surface area contributed by atoms with Gasteiger partial charge in [0.15, 0.2) is 0 Å². The highest BCUT2D eigenvalue weighted by Gasteiger charge is 2.50. The standard InChI is InChI=1S/C19H23ClN2O2/c1-18(24-2)8-7-16(11-15-3-5-17(20)6-4-15)12-19(18,23)13-22-10-9-21-14-22/h3-6,9-11,14,23H,7-8,12-13H2,1-2H3/b16-11+/t18-,19+/m0/s1. The summed E-state index contributed by atoms with van der Waals surface area (Å²) in [6.45, 7) is 2.44. The van der Waals surface area contributed by atoms with Gasteiger partial charge in [-0.2, -0.15) is 0 Å². The maximum absolute atomic E-state index is 11.4. The van der Waals surface area contributed by atoms with Crippen LogP contribution in [-0.4, -0.2) is 33.0 Å². The van der Waals surface area contributed by atoms with E-state index < -0.39 is 11.2 Å². The summed E-state index contributed by atoms with van der Waals surface area (Å²) in [6, 6.07) is 7.75. The van der Waals surface area contributed by atoms with Crippen LogP contribution in [0.25, 0.3) is 6.08 Å². The molecule has 1 N–H and O–H groups in total. The second-order valence-corrected chi connectivity index (χ2v) is 7.17. The quantitative estimate of drug-likeness (QED) is 0.912. The normalized spacial score (nSPS) is 29.1. The number of hydrogen-bond acceptors (Lipinski definition) is 3. The van der Waals surface area contributed by atoms with Crippen LogP contribution in [0.15, 0.2) is 48.6 Å². The number of aliphatic hydroxyl groups is 1. The zero-order valence-electron chi connectivity index (χ0n) is 14.1. The molecule has 5 heteroatoms. The van der Waals surface area contributed by atoms with Gasteiger partial charge >= 0.3 is 0 Å². The first-order chi connectivity index (χ1) is 11.4. The van der Waals surface area contributed by atoms with Crippen LogP contribution in [0.3, 0.4) is 0 Å². The van der Waals surface area contributed by atoms with Crippen molar-refractivity contribution in [3.05, 3.63) is 59.1 Å². The van der Waals surface area contributed by atoms with Crippen molar-refractivity contribution < 1.29 is 9.84 Å². The fourth-order valence-corrected chi connectivity index (χ4v) is 3.52. The summed E-state index contributed by atoms with van der Waals surface area (Å²) in [7, 11) is 1.67. The van der Waals surface area contributed by atoms with Crippen LogP contribution < -0.4 is 0 Å². The number of imidazole rings is 1. The molecule has 0 radical (unpaired) electrons. The van der Waals surface area contributed by atoms with Crippen LogP contribution in [0.1, 0.15) is 31.7 Å².